The summed E-state index contributed by atoms with van der Waals surface area (Å²) in [5.74, 6) is -1.34. The molecule has 0 fully saturated rings. The van der Waals surface area contributed by atoms with Crippen molar-refractivity contribution in [2.24, 2.45) is 0 Å². The fraction of sp³-hybridized carbons (Fsp3) is 0. The molecule has 0 aliphatic heterocycles. The quantitative estimate of drug-likeness (QED) is 0.439. The predicted octanol–water partition coefficient (Wildman–Crippen LogP) is -1.89. The Labute approximate surface area is 87.9 Å². The molecule has 1 rings (SSSR count). The van der Waals surface area contributed by atoms with E-state index < -0.39 is 22.9 Å². The maximum atomic E-state index is 10.5. The molecular weight excluding hydrogens is 175 g/mol. The SMILES string of the molecule is O=C(O)c1cc(=O)[nH]c(=O)[nH]1.[NaH]. The molecule has 0 aromatic carbocycles. The molecular formula is C5H5N2NaO4. The maximum absolute atomic E-state index is 10.5. The number of aromatic amines is 2. The standard InChI is InChI=1S/C5H4N2O4.Na.H/c8-3-1-2(4(9)10)6-5(11)7-3;;/h1H,(H,9,10)(H2,6,7,8,11);;. The van der Waals surface area contributed by atoms with Crippen molar-refractivity contribution in [2.75, 3.05) is 0 Å². The van der Waals surface area contributed by atoms with Gasteiger partial charge in [-0.15, -0.1) is 0 Å². The van der Waals surface area contributed by atoms with Gasteiger partial charge in [0.05, 0.1) is 0 Å². The fourth-order valence-electron chi connectivity index (χ4n) is 0.584. The van der Waals surface area contributed by atoms with Gasteiger partial charge in [0, 0.05) is 6.07 Å². The molecule has 1 heterocycles. The first kappa shape index (κ1) is 11.2. The molecule has 60 valence electrons. The number of rotatable bonds is 1. The van der Waals surface area contributed by atoms with Gasteiger partial charge in [-0.2, -0.15) is 0 Å². The van der Waals surface area contributed by atoms with Crippen molar-refractivity contribution in [1.29, 1.82) is 0 Å². The summed E-state index contributed by atoms with van der Waals surface area (Å²) in [7, 11) is 0. The van der Waals surface area contributed by atoms with E-state index in [2.05, 4.69) is 0 Å². The van der Waals surface area contributed by atoms with Crippen LogP contribution in [0.5, 0.6) is 0 Å². The normalized spacial score (nSPS) is 8.67. The van der Waals surface area contributed by atoms with Crippen LogP contribution >= 0.6 is 0 Å². The third-order valence-corrected chi connectivity index (χ3v) is 0.991. The van der Waals surface area contributed by atoms with Crippen LogP contribution in [0.4, 0.5) is 0 Å². The van der Waals surface area contributed by atoms with Gasteiger partial charge in [-0.3, -0.25) is 9.78 Å². The van der Waals surface area contributed by atoms with E-state index in [1.165, 1.54) is 0 Å². The number of hydrogen-bond acceptors (Lipinski definition) is 3. The summed E-state index contributed by atoms with van der Waals surface area (Å²) < 4.78 is 0. The van der Waals surface area contributed by atoms with Crippen molar-refractivity contribution < 1.29 is 9.90 Å². The molecule has 12 heavy (non-hydrogen) atoms. The molecule has 0 amide bonds. The Hall–Kier alpha value is -0.850. The Morgan fingerprint density at radius 2 is 1.92 bits per heavy atom. The van der Waals surface area contributed by atoms with Crippen LogP contribution < -0.4 is 11.2 Å². The zero-order valence-corrected chi connectivity index (χ0v) is 5.25. The second-order valence-electron chi connectivity index (χ2n) is 1.81. The van der Waals surface area contributed by atoms with Gasteiger partial charge < -0.3 is 10.1 Å². The minimum atomic E-state index is -1.34. The average molecular weight is 180 g/mol. The Morgan fingerprint density at radius 3 is 2.33 bits per heavy atom. The number of nitrogens with one attached hydrogen (secondary N) is 2. The first-order valence-corrected chi connectivity index (χ1v) is 2.66. The summed E-state index contributed by atoms with van der Waals surface area (Å²) in [6, 6.07) is 0.795. The molecule has 0 radical (unpaired) electrons. The zero-order chi connectivity index (χ0) is 8.43. The van der Waals surface area contributed by atoms with E-state index in [4.69, 9.17) is 5.11 Å². The molecule has 7 heteroatoms. The van der Waals surface area contributed by atoms with Crippen molar-refractivity contribution >= 4 is 35.5 Å². The predicted molar refractivity (Wildman–Crippen MR) is 41.8 cm³/mol. The molecule has 3 N–H and O–H groups in total. The Balaban J connectivity index is 0.00000121. The first-order chi connectivity index (χ1) is 5.09. The van der Waals surface area contributed by atoms with Crippen LogP contribution in [0.1, 0.15) is 10.5 Å². The molecule has 1 aromatic rings. The molecule has 0 unspecified atom stereocenters. The van der Waals surface area contributed by atoms with E-state index in [0.29, 0.717) is 0 Å². The van der Waals surface area contributed by atoms with E-state index in [9.17, 15) is 14.4 Å². The van der Waals surface area contributed by atoms with Gasteiger partial charge in [-0.1, -0.05) is 0 Å². The van der Waals surface area contributed by atoms with Crippen molar-refractivity contribution in [2.45, 2.75) is 0 Å². The van der Waals surface area contributed by atoms with Crippen LogP contribution in [0.2, 0.25) is 0 Å². The molecule has 0 aliphatic rings. The van der Waals surface area contributed by atoms with E-state index in [1.54, 1.807) is 0 Å². The summed E-state index contributed by atoms with van der Waals surface area (Å²) in [6.07, 6.45) is 0. The summed E-state index contributed by atoms with van der Waals surface area (Å²) in [5, 5.41) is 8.31. The monoisotopic (exact) mass is 180 g/mol. The zero-order valence-electron chi connectivity index (χ0n) is 5.25. The molecule has 0 saturated carbocycles. The molecule has 0 saturated heterocycles. The number of hydrogen-bond donors (Lipinski definition) is 3. The van der Waals surface area contributed by atoms with Crippen LogP contribution in [0.15, 0.2) is 15.7 Å². The molecule has 1 aromatic heterocycles. The van der Waals surface area contributed by atoms with Crippen molar-refractivity contribution in [3.63, 3.8) is 0 Å². The third-order valence-electron chi connectivity index (χ3n) is 0.991. The van der Waals surface area contributed by atoms with Crippen LogP contribution in [0.25, 0.3) is 0 Å². The van der Waals surface area contributed by atoms with E-state index >= 15 is 0 Å². The second-order valence-corrected chi connectivity index (χ2v) is 1.81. The molecule has 0 bridgehead atoms. The van der Waals surface area contributed by atoms with E-state index in [-0.39, 0.29) is 29.6 Å². The van der Waals surface area contributed by atoms with Gasteiger partial charge in [0.2, 0.25) is 0 Å². The van der Waals surface area contributed by atoms with Gasteiger partial charge in [0.25, 0.3) is 5.56 Å². The van der Waals surface area contributed by atoms with Gasteiger partial charge in [-0.25, -0.2) is 9.59 Å². The number of H-pyrrole nitrogens is 2. The average Bonchev–Trinajstić information content (AvgIpc) is 1.85. The summed E-state index contributed by atoms with van der Waals surface area (Å²) in [5.41, 5.74) is -1.97. The van der Waals surface area contributed by atoms with Gasteiger partial charge in [-0.05, 0) is 0 Å². The number of carboxylic acid groups (broad SMARTS) is 1. The van der Waals surface area contributed by atoms with Crippen LogP contribution in [-0.2, 0) is 0 Å². The molecule has 0 spiro atoms. The third kappa shape index (κ3) is 2.65. The number of aromatic carboxylic acids is 1. The minimum absolute atomic E-state index is 0. The van der Waals surface area contributed by atoms with E-state index in [0.717, 1.165) is 6.07 Å². The molecule has 6 nitrogen and oxygen atoms in total. The molecule has 0 aliphatic carbocycles. The topological polar surface area (TPSA) is 103 Å². The van der Waals surface area contributed by atoms with E-state index in [1.807, 2.05) is 9.97 Å². The summed E-state index contributed by atoms with van der Waals surface area (Å²) in [4.78, 5) is 34.9. The van der Waals surface area contributed by atoms with Crippen LogP contribution in [-0.4, -0.2) is 50.6 Å². The van der Waals surface area contributed by atoms with Crippen molar-refractivity contribution in [3.8, 4) is 0 Å². The molecule has 0 atom stereocenters. The van der Waals surface area contributed by atoms with Crippen LogP contribution in [0.3, 0.4) is 0 Å². The van der Waals surface area contributed by atoms with Gasteiger partial charge in [0.15, 0.2) is 0 Å². The van der Waals surface area contributed by atoms with Crippen LogP contribution in [0, 0.1) is 0 Å². The first-order valence-electron chi connectivity index (χ1n) is 2.66. The second kappa shape index (κ2) is 4.24. The summed E-state index contributed by atoms with van der Waals surface area (Å²) >= 11 is 0. The Morgan fingerprint density at radius 1 is 1.33 bits per heavy atom. The fourth-order valence-corrected chi connectivity index (χ4v) is 0.584. The van der Waals surface area contributed by atoms with Crippen molar-refractivity contribution in [1.82, 2.24) is 9.97 Å². The van der Waals surface area contributed by atoms with Crippen molar-refractivity contribution in [3.05, 3.63) is 32.6 Å². The Kier molecular flexibility index (Phi) is 3.94. The summed E-state index contributed by atoms with van der Waals surface area (Å²) in [6.45, 7) is 0. The number of carbonyl (C=O) groups is 1. The number of aromatic nitrogens is 2. The van der Waals surface area contributed by atoms with Gasteiger partial charge in [0.1, 0.15) is 5.69 Å². The number of carboxylic acids is 1. The van der Waals surface area contributed by atoms with Gasteiger partial charge >= 0.3 is 41.2 Å². The Bertz CT molecular complexity index is 365.